The van der Waals surface area contributed by atoms with Gasteiger partial charge in [0.1, 0.15) is 0 Å². The molecule has 14 heavy (non-hydrogen) atoms. The smallest absolute Gasteiger partial charge is 0.0688 e. The van der Waals surface area contributed by atoms with E-state index in [2.05, 4.69) is 6.92 Å². The lowest BCUT2D eigenvalue weighted by Crippen LogP contribution is -2.31. The van der Waals surface area contributed by atoms with Gasteiger partial charge in [-0.3, -0.25) is 0 Å². The first-order chi connectivity index (χ1) is 6.68. The second kappa shape index (κ2) is 9.47. The summed E-state index contributed by atoms with van der Waals surface area (Å²) < 4.78 is 0. The molecule has 2 heteroatoms. The van der Waals surface area contributed by atoms with Crippen LogP contribution >= 0.6 is 0 Å². The van der Waals surface area contributed by atoms with E-state index in [-0.39, 0.29) is 12.1 Å². The predicted octanol–water partition coefficient (Wildman–Crippen LogP) is 2.84. The summed E-state index contributed by atoms with van der Waals surface area (Å²) in [4.78, 5) is 0. The minimum atomic E-state index is -0.300. The Morgan fingerprint density at radius 1 is 1.00 bits per heavy atom. The van der Waals surface area contributed by atoms with E-state index in [9.17, 15) is 5.11 Å². The van der Waals surface area contributed by atoms with E-state index < -0.39 is 0 Å². The zero-order valence-corrected chi connectivity index (χ0v) is 9.84. The van der Waals surface area contributed by atoms with Crippen LogP contribution < -0.4 is 5.73 Å². The van der Waals surface area contributed by atoms with Crippen molar-refractivity contribution in [1.29, 1.82) is 0 Å². The minimum Gasteiger partial charge on any atom is -0.392 e. The van der Waals surface area contributed by atoms with Crippen molar-refractivity contribution in [2.45, 2.75) is 77.4 Å². The fraction of sp³-hybridized carbons (Fsp3) is 1.00. The van der Waals surface area contributed by atoms with Crippen LogP contribution in [-0.2, 0) is 0 Å². The highest BCUT2D eigenvalue weighted by molar-refractivity contribution is 4.65. The van der Waals surface area contributed by atoms with E-state index in [0.29, 0.717) is 0 Å². The molecule has 0 amide bonds. The highest BCUT2D eigenvalue weighted by Gasteiger charge is 2.07. The van der Waals surface area contributed by atoms with Gasteiger partial charge in [-0.25, -0.2) is 0 Å². The van der Waals surface area contributed by atoms with Gasteiger partial charge in [-0.1, -0.05) is 51.9 Å². The highest BCUT2D eigenvalue weighted by Crippen LogP contribution is 2.10. The number of nitrogens with two attached hydrogens (primary N) is 1. The number of hydrogen-bond acceptors (Lipinski definition) is 2. The summed E-state index contributed by atoms with van der Waals surface area (Å²) in [5.41, 5.74) is 5.57. The van der Waals surface area contributed by atoms with E-state index in [1.165, 1.54) is 38.5 Å². The topological polar surface area (TPSA) is 46.2 Å². The lowest BCUT2D eigenvalue weighted by Gasteiger charge is -2.13. The Kier molecular flexibility index (Phi) is 9.42. The van der Waals surface area contributed by atoms with Gasteiger partial charge in [0.2, 0.25) is 0 Å². The highest BCUT2D eigenvalue weighted by atomic mass is 16.3. The molecular weight excluding hydrogens is 174 g/mol. The Labute approximate surface area is 88.9 Å². The largest absolute Gasteiger partial charge is 0.392 e. The van der Waals surface area contributed by atoms with Crippen molar-refractivity contribution < 1.29 is 5.11 Å². The standard InChI is InChI=1S/C12H27NO/c1-3-4-5-6-7-8-9-10-12(14)11(2)13/h11-12,14H,3-10,13H2,1-2H3/t11-,12+/m0/s1. The average molecular weight is 201 g/mol. The minimum absolute atomic E-state index is 0.0740. The van der Waals surface area contributed by atoms with Crippen LogP contribution in [0.4, 0.5) is 0 Å². The predicted molar refractivity (Wildman–Crippen MR) is 62.3 cm³/mol. The molecule has 2 nitrogen and oxygen atoms in total. The number of hydrogen-bond donors (Lipinski definition) is 2. The average Bonchev–Trinajstić information content (AvgIpc) is 2.16. The van der Waals surface area contributed by atoms with Crippen molar-refractivity contribution in [2.24, 2.45) is 5.73 Å². The van der Waals surface area contributed by atoms with Gasteiger partial charge in [0.25, 0.3) is 0 Å². The van der Waals surface area contributed by atoms with Crippen LogP contribution in [0.15, 0.2) is 0 Å². The fourth-order valence-corrected chi connectivity index (χ4v) is 1.57. The molecule has 0 radical (unpaired) electrons. The van der Waals surface area contributed by atoms with Crippen LogP contribution in [0.3, 0.4) is 0 Å². The molecule has 0 aliphatic rings. The molecule has 0 aliphatic carbocycles. The first kappa shape index (κ1) is 13.9. The molecule has 2 atom stereocenters. The molecule has 86 valence electrons. The second-order valence-electron chi connectivity index (χ2n) is 4.34. The number of rotatable bonds is 9. The van der Waals surface area contributed by atoms with E-state index in [4.69, 9.17) is 5.73 Å². The van der Waals surface area contributed by atoms with Crippen molar-refractivity contribution >= 4 is 0 Å². The van der Waals surface area contributed by atoms with Gasteiger partial charge in [-0.05, 0) is 13.3 Å². The van der Waals surface area contributed by atoms with Crippen LogP contribution in [0, 0.1) is 0 Å². The molecule has 0 aliphatic heterocycles. The SMILES string of the molecule is CCCCCCCCC[C@@H](O)[C@H](C)N. The van der Waals surface area contributed by atoms with E-state index >= 15 is 0 Å². The van der Waals surface area contributed by atoms with Gasteiger partial charge in [0.05, 0.1) is 6.10 Å². The van der Waals surface area contributed by atoms with Crippen LogP contribution in [0.2, 0.25) is 0 Å². The molecule has 0 saturated carbocycles. The fourth-order valence-electron chi connectivity index (χ4n) is 1.57. The Hall–Kier alpha value is -0.0800. The second-order valence-corrected chi connectivity index (χ2v) is 4.34. The van der Waals surface area contributed by atoms with Crippen LogP contribution in [0.5, 0.6) is 0 Å². The molecule has 0 saturated heterocycles. The monoisotopic (exact) mass is 201 g/mol. The van der Waals surface area contributed by atoms with Gasteiger partial charge in [0.15, 0.2) is 0 Å². The van der Waals surface area contributed by atoms with Gasteiger partial charge in [-0.15, -0.1) is 0 Å². The molecule has 0 bridgehead atoms. The van der Waals surface area contributed by atoms with Crippen LogP contribution in [-0.4, -0.2) is 17.3 Å². The van der Waals surface area contributed by atoms with E-state index in [0.717, 1.165) is 12.8 Å². The zero-order valence-electron chi connectivity index (χ0n) is 9.84. The number of unbranched alkanes of at least 4 members (excludes halogenated alkanes) is 6. The Morgan fingerprint density at radius 2 is 1.50 bits per heavy atom. The van der Waals surface area contributed by atoms with E-state index in [1.54, 1.807) is 0 Å². The van der Waals surface area contributed by atoms with Crippen LogP contribution in [0.25, 0.3) is 0 Å². The lowest BCUT2D eigenvalue weighted by atomic mass is 10.0. The molecule has 0 heterocycles. The summed E-state index contributed by atoms with van der Waals surface area (Å²) in [6.45, 7) is 4.10. The molecular formula is C12H27NO. The maximum Gasteiger partial charge on any atom is 0.0688 e. The zero-order chi connectivity index (χ0) is 10.8. The van der Waals surface area contributed by atoms with Crippen molar-refractivity contribution in [3.8, 4) is 0 Å². The quantitative estimate of drug-likeness (QED) is 0.563. The van der Waals surface area contributed by atoms with E-state index in [1.807, 2.05) is 6.92 Å². The maximum absolute atomic E-state index is 9.44. The number of aliphatic hydroxyl groups is 1. The summed E-state index contributed by atoms with van der Waals surface area (Å²) in [6.07, 6.45) is 9.63. The molecule has 0 rings (SSSR count). The summed E-state index contributed by atoms with van der Waals surface area (Å²) in [6, 6.07) is -0.0740. The van der Waals surface area contributed by atoms with Crippen molar-refractivity contribution in [3.05, 3.63) is 0 Å². The van der Waals surface area contributed by atoms with Crippen LogP contribution in [0.1, 0.15) is 65.2 Å². The van der Waals surface area contributed by atoms with Gasteiger partial charge in [-0.2, -0.15) is 0 Å². The summed E-state index contributed by atoms with van der Waals surface area (Å²) >= 11 is 0. The first-order valence-electron chi connectivity index (χ1n) is 6.12. The Balaban J connectivity index is 3.06. The molecule has 0 fully saturated rings. The first-order valence-corrected chi connectivity index (χ1v) is 6.12. The third-order valence-electron chi connectivity index (χ3n) is 2.71. The van der Waals surface area contributed by atoms with Crippen molar-refractivity contribution in [2.75, 3.05) is 0 Å². The van der Waals surface area contributed by atoms with Gasteiger partial charge >= 0.3 is 0 Å². The lowest BCUT2D eigenvalue weighted by molar-refractivity contribution is 0.138. The molecule has 0 aromatic heterocycles. The number of aliphatic hydroxyl groups excluding tert-OH is 1. The van der Waals surface area contributed by atoms with Gasteiger partial charge in [0, 0.05) is 6.04 Å². The summed E-state index contributed by atoms with van der Waals surface area (Å²) in [5, 5.41) is 9.44. The normalized spacial score (nSPS) is 15.4. The summed E-state index contributed by atoms with van der Waals surface area (Å²) in [7, 11) is 0. The van der Waals surface area contributed by atoms with Gasteiger partial charge < -0.3 is 10.8 Å². The molecule has 0 spiro atoms. The molecule has 0 aromatic carbocycles. The Morgan fingerprint density at radius 3 is 2.00 bits per heavy atom. The Bertz CT molecular complexity index is 115. The molecule has 0 unspecified atom stereocenters. The third-order valence-corrected chi connectivity index (χ3v) is 2.71. The molecule has 0 aromatic rings. The summed E-state index contributed by atoms with van der Waals surface area (Å²) in [5.74, 6) is 0. The maximum atomic E-state index is 9.44. The third kappa shape index (κ3) is 8.52. The van der Waals surface area contributed by atoms with Crippen molar-refractivity contribution in [3.63, 3.8) is 0 Å². The molecule has 3 N–H and O–H groups in total. The van der Waals surface area contributed by atoms with Crippen molar-refractivity contribution in [1.82, 2.24) is 0 Å².